The lowest BCUT2D eigenvalue weighted by Gasteiger charge is -2.06. The molecule has 0 saturated carbocycles. The predicted molar refractivity (Wildman–Crippen MR) is 50.7 cm³/mol. The predicted octanol–water partition coefficient (Wildman–Crippen LogP) is 1.14. The van der Waals surface area contributed by atoms with Crippen LogP contribution in [0.15, 0.2) is 12.1 Å². The Morgan fingerprint density at radius 2 is 2.00 bits per heavy atom. The van der Waals surface area contributed by atoms with Crippen molar-refractivity contribution in [1.82, 2.24) is 0 Å². The average molecular weight is 191 g/mol. The molecule has 2 rings (SSSR count). The number of ketones is 1. The lowest BCUT2D eigenvalue weighted by Crippen LogP contribution is -2.12. The molecule has 0 radical (unpaired) electrons. The van der Waals surface area contributed by atoms with E-state index in [-0.39, 0.29) is 0 Å². The van der Waals surface area contributed by atoms with Crippen LogP contribution in [0, 0.1) is 6.92 Å². The van der Waals surface area contributed by atoms with Gasteiger partial charge in [0.25, 0.3) is 11.7 Å². The molecule has 4 nitrogen and oxygen atoms in total. The number of anilines is 1. The number of nitrogens with one attached hydrogen (secondary N) is 1. The lowest BCUT2D eigenvalue weighted by atomic mass is 10.0. The van der Waals surface area contributed by atoms with E-state index < -0.39 is 11.7 Å². The summed E-state index contributed by atoms with van der Waals surface area (Å²) in [7, 11) is 1.50. The first kappa shape index (κ1) is 8.74. The molecule has 0 fully saturated rings. The second-order valence-electron chi connectivity index (χ2n) is 3.12. The van der Waals surface area contributed by atoms with E-state index in [1.165, 1.54) is 7.11 Å². The van der Waals surface area contributed by atoms with Gasteiger partial charge in [-0.1, -0.05) is 6.07 Å². The molecule has 0 bridgehead atoms. The maximum atomic E-state index is 11.4. The molecular weight excluding hydrogens is 182 g/mol. The van der Waals surface area contributed by atoms with E-state index in [0.29, 0.717) is 17.0 Å². The highest BCUT2D eigenvalue weighted by Crippen LogP contribution is 2.34. The summed E-state index contributed by atoms with van der Waals surface area (Å²) in [6, 6.07) is 3.49. The summed E-state index contributed by atoms with van der Waals surface area (Å²) < 4.78 is 5.04. The number of carbonyl (C=O) groups excluding carboxylic acids is 2. The summed E-state index contributed by atoms with van der Waals surface area (Å²) in [6.07, 6.45) is 0. The molecule has 14 heavy (non-hydrogen) atoms. The van der Waals surface area contributed by atoms with Gasteiger partial charge in [0.15, 0.2) is 0 Å². The average Bonchev–Trinajstić information content (AvgIpc) is 2.45. The number of methoxy groups -OCH3 is 1. The van der Waals surface area contributed by atoms with Crippen molar-refractivity contribution in [2.75, 3.05) is 12.4 Å². The number of carbonyl (C=O) groups is 2. The number of fused-ring (bicyclic) bond motifs is 1. The first-order valence-electron chi connectivity index (χ1n) is 4.18. The number of Topliss-reactive ketones (excluding diaryl/α,β-unsaturated/α-hetero) is 1. The van der Waals surface area contributed by atoms with Crippen LogP contribution in [0.4, 0.5) is 5.69 Å². The Balaban J connectivity index is 2.70. The Morgan fingerprint density at radius 1 is 1.29 bits per heavy atom. The fraction of sp³-hybridized carbons (Fsp3) is 0.200. The van der Waals surface area contributed by atoms with Gasteiger partial charge >= 0.3 is 0 Å². The summed E-state index contributed by atoms with van der Waals surface area (Å²) in [6.45, 7) is 1.79. The minimum Gasteiger partial charge on any atom is -0.495 e. The largest absolute Gasteiger partial charge is 0.495 e. The minimum absolute atomic E-state index is 0.425. The summed E-state index contributed by atoms with van der Waals surface area (Å²) >= 11 is 0. The number of hydrogen-bond donors (Lipinski definition) is 1. The lowest BCUT2D eigenvalue weighted by molar-refractivity contribution is -0.112. The molecule has 0 unspecified atom stereocenters. The van der Waals surface area contributed by atoms with Crippen LogP contribution in [0.3, 0.4) is 0 Å². The van der Waals surface area contributed by atoms with Gasteiger partial charge in [-0.2, -0.15) is 0 Å². The van der Waals surface area contributed by atoms with Gasteiger partial charge in [-0.3, -0.25) is 9.59 Å². The van der Waals surface area contributed by atoms with Crippen LogP contribution in [-0.2, 0) is 4.79 Å². The van der Waals surface area contributed by atoms with E-state index in [0.717, 1.165) is 5.56 Å². The summed E-state index contributed by atoms with van der Waals surface area (Å²) in [5.74, 6) is -0.561. The number of ether oxygens (including phenoxy) is 1. The summed E-state index contributed by atoms with van der Waals surface area (Å²) in [5, 5.41) is 2.49. The quantitative estimate of drug-likeness (QED) is 0.677. The van der Waals surface area contributed by atoms with Gasteiger partial charge in [-0.05, 0) is 18.6 Å². The second kappa shape index (κ2) is 2.83. The third-order valence-electron chi connectivity index (χ3n) is 2.27. The highest BCUT2D eigenvalue weighted by molar-refractivity contribution is 6.52. The van der Waals surface area contributed by atoms with Crippen LogP contribution < -0.4 is 10.1 Å². The molecule has 72 valence electrons. The molecule has 0 aromatic heterocycles. The van der Waals surface area contributed by atoms with Gasteiger partial charge in [0.2, 0.25) is 0 Å². The maximum Gasteiger partial charge on any atom is 0.296 e. The molecule has 1 aromatic carbocycles. The third kappa shape index (κ3) is 1.00. The number of amides is 1. The highest BCUT2D eigenvalue weighted by Gasteiger charge is 2.31. The van der Waals surface area contributed by atoms with E-state index in [1.54, 1.807) is 19.1 Å². The second-order valence-corrected chi connectivity index (χ2v) is 3.12. The van der Waals surface area contributed by atoms with Gasteiger partial charge in [0.05, 0.1) is 18.4 Å². The molecule has 0 atom stereocenters. The van der Waals surface area contributed by atoms with Crippen molar-refractivity contribution in [2.24, 2.45) is 0 Å². The van der Waals surface area contributed by atoms with E-state index in [9.17, 15) is 9.59 Å². The van der Waals surface area contributed by atoms with Crippen LogP contribution in [0.2, 0.25) is 0 Å². The topological polar surface area (TPSA) is 55.4 Å². The zero-order valence-corrected chi connectivity index (χ0v) is 7.88. The minimum atomic E-state index is -0.590. The molecule has 1 N–H and O–H groups in total. The van der Waals surface area contributed by atoms with Crippen molar-refractivity contribution in [3.63, 3.8) is 0 Å². The van der Waals surface area contributed by atoms with Crippen LogP contribution in [0.25, 0.3) is 0 Å². The number of hydrogen-bond acceptors (Lipinski definition) is 3. The van der Waals surface area contributed by atoms with Crippen molar-refractivity contribution < 1.29 is 14.3 Å². The molecule has 0 saturated heterocycles. The zero-order valence-electron chi connectivity index (χ0n) is 7.88. The van der Waals surface area contributed by atoms with Crippen LogP contribution in [-0.4, -0.2) is 18.8 Å². The van der Waals surface area contributed by atoms with E-state index in [4.69, 9.17) is 4.74 Å². The van der Waals surface area contributed by atoms with Gasteiger partial charge in [0.1, 0.15) is 5.75 Å². The molecule has 1 aromatic rings. The first-order chi connectivity index (χ1) is 6.65. The van der Waals surface area contributed by atoms with E-state index in [2.05, 4.69) is 5.32 Å². The van der Waals surface area contributed by atoms with Crippen LogP contribution >= 0.6 is 0 Å². The molecule has 0 aliphatic carbocycles. The fourth-order valence-corrected chi connectivity index (χ4v) is 1.56. The van der Waals surface area contributed by atoms with E-state index in [1.807, 2.05) is 0 Å². The maximum absolute atomic E-state index is 11.4. The Hall–Kier alpha value is -1.84. The Kier molecular flexibility index (Phi) is 1.77. The van der Waals surface area contributed by atoms with Crippen molar-refractivity contribution in [3.8, 4) is 5.75 Å². The van der Waals surface area contributed by atoms with E-state index >= 15 is 0 Å². The molecule has 1 aliphatic rings. The molecule has 0 spiro atoms. The first-order valence-corrected chi connectivity index (χ1v) is 4.18. The monoisotopic (exact) mass is 191 g/mol. The van der Waals surface area contributed by atoms with Crippen molar-refractivity contribution in [2.45, 2.75) is 6.92 Å². The van der Waals surface area contributed by atoms with Crippen molar-refractivity contribution in [1.29, 1.82) is 0 Å². The Morgan fingerprint density at radius 3 is 2.64 bits per heavy atom. The molecule has 1 aliphatic heterocycles. The molecule has 1 heterocycles. The molecule has 1 amide bonds. The Bertz CT molecular complexity index is 437. The number of aryl methyl sites for hydroxylation is 1. The van der Waals surface area contributed by atoms with Crippen LogP contribution in [0.5, 0.6) is 5.75 Å². The van der Waals surface area contributed by atoms with Gasteiger partial charge in [-0.15, -0.1) is 0 Å². The SMILES string of the molecule is COc1ccc(C)c2c1NC(=O)C2=O. The summed E-state index contributed by atoms with van der Waals surface area (Å²) in [4.78, 5) is 22.6. The van der Waals surface area contributed by atoms with Gasteiger partial charge in [0, 0.05) is 0 Å². The number of rotatable bonds is 1. The fourth-order valence-electron chi connectivity index (χ4n) is 1.56. The zero-order chi connectivity index (χ0) is 10.3. The van der Waals surface area contributed by atoms with Gasteiger partial charge < -0.3 is 10.1 Å². The summed E-state index contributed by atoms with van der Waals surface area (Å²) in [5.41, 5.74) is 1.70. The van der Waals surface area contributed by atoms with Crippen LogP contribution in [0.1, 0.15) is 15.9 Å². The number of benzene rings is 1. The smallest absolute Gasteiger partial charge is 0.296 e. The third-order valence-corrected chi connectivity index (χ3v) is 2.27. The Labute approximate surface area is 80.9 Å². The highest BCUT2D eigenvalue weighted by atomic mass is 16.5. The molecular formula is C10H9NO3. The van der Waals surface area contributed by atoms with Gasteiger partial charge in [-0.25, -0.2) is 0 Å². The molecule has 4 heteroatoms. The van der Waals surface area contributed by atoms with Crippen molar-refractivity contribution >= 4 is 17.4 Å². The standard InChI is InChI=1S/C10H9NO3/c1-5-3-4-6(14-2)8-7(5)9(12)10(13)11-8/h3-4H,1-2H3,(H,11,12,13). The normalized spacial score (nSPS) is 13.9. The van der Waals surface area contributed by atoms with Crippen molar-refractivity contribution in [3.05, 3.63) is 23.3 Å².